The summed E-state index contributed by atoms with van der Waals surface area (Å²) in [4.78, 5) is 32.2. The van der Waals surface area contributed by atoms with E-state index in [4.69, 9.17) is 24.1 Å². The van der Waals surface area contributed by atoms with E-state index >= 15 is 0 Å². The zero-order valence-electron chi connectivity index (χ0n) is 15.7. The number of amides is 1. The second-order valence-electron chi connectivity index (χ2n) is 6.08. The number of rotatable bonds is 5. The maximum absolute atomic E-state index is 11.8. The Morgan fingerprint density at radius 3 is 1.73 bits per heavy atom. The van der Waals surface area contributed by atoms with Crippen LogP contribution in [-0.4, -0.2) is 48.1 Å². The van der Waals surface area contributed by atoms with E-state index in [1.165, 1.54) is 26.4 Å². The number of hydrogen-bond acceptors (Lipinski definition) is 6. The lowest BCUT2D eigenvalue weighted by Gasteiger charge is -2.22. The highest BCUT2D eigenvalue weighted by Crippen LogP contribution is 2.27. The van der Waals surface area contributed by atoms with Crippen LogP contribution in [0.2, 0.25) is 0 Å². The van der Waals surface area contributed by atoms with Crippen molar-refractivity contribution in [3.8, 4) is 11.5 Å². The highest BCUT2D eigenvalue weighted by atomic mass is 16.6. The third-order valence-electron chi connectivity index (χ3n) is 2.62. The first-order chi connectivity index (χ1) is 11.9. The van der Waals surface area contributed by atoms with Crippen molar-refractivity contribution in [2.45, 2.75) is 39.3 Å². The Balaban J connectivity index is 0.00000141. The van der Waals surface area contributed by atoms with E-state index in [-0.39, 0.29) is 0 Å². The molecular weight excluding hydrogens is 346 g/mol. The number of ether oxygens (including phenoxy) is 3. The highest BCUT2D eigenvalue weighted by Gasteiger charge is 2.26. The van der Waals surface area contributed by atoms with Gasteiger partial charge in [-0.15, -0.1) is 0 Å². The quantitative estimate of drug-likeness (QED) is 0.719. The van der Waals surface area contributed by atoms with E-state index in [1.54, 1.807) is 26.8 Å². The van der Waals surface area contributed by atoms with Crippen LogP contribution in [0, 0.1) is 0 Å². The number of alkyl carbamates (subject to hydrolysis) is 1. The summed E-state index contributed by atoms with van der Waals surface area (Å²) in [6.07, 6.45) is -0.818. The Kier molecular flexibility index (Phi) is 8.96. The molecule has 26 heavy (non-hydrogen) atoms. The van der Waals surface area contributed by atoms with E-state index in [0.717, 1.165) is 6.92 Å². The SMILES string of the molecule is CC(=O)O.COc1cc(OC)cc(C(NC(=O)OC(C)(C)C)C(=O)O)c1. The minimum Gasteiger partial charge on any atom is -0.497 e. The Morgan fingerprint density at radius 1 is 1.00 bits per heavy atom. The van der Waals surface area contributed by atoms with Crippen molar-refractivity contribution >= 4 is 18.0 Å². The molecule has 1 aromatic carbocycles. The summed E-state index contributed by atoms with van der Waals surface area (Å²) in [6.45, 7) is 6.16. The number of carboxylic acid groups (broad SMARTS) is 2. The Bertz CT molecular complexity index is 610. The molecule has 9 nitrogen and oxygen atoms in total. The van der Waals surface area contributed by atoms with Crippen LogP contribution in [0.3, 0.4) is 0 Å². The van der Waals surface area contributed by atoms with Gasteiger partial charge in [-0.2, -0.15) is 0 Å². The first-order valence-electron chi connectivity index (χ1n) is 7.54. The summed E-state index contributed by atoms with van der Waals surface area (Å²) >= 11 is 0. The maximum Gasteiger partial charge on any atom is 0.408 e. The molecule has 0 fully saturated rings. The molecule has 0 heterocycles. The smallest absolute Gasteiger partial charge is 0.408 e. The lowest BCUT2D eigenvalue weighted by molar-refractivity contribution is -0.139. The largest absolute Gasteiger partial charge is 0.497 e. The first kappa shape index (κ1) is 23.0. The van der Waals surface area contributed by atoms with Crippen LogP contribution >= 0.6 is 0 Å². The third kappa shape index (κ3) is 9.36. The lowest BCUT2D eigenvalue weighted by Crippen LogP contribution is -2.38. The monoisotopic (exact) mass is 371 g/mol. The van der Waals surface area contributed by atoms with Gasteiger partial charge in [0.25, 0.3) is 5.97 Å². The van der Waals surface area contributed by atoms with Crippen molar-refractivity contribution in [1.29, 1.82) is 0 Å². The van der Waals surface area contributed by atoms with Crippen LogP contribution in [0.1, 0.15) is 39.3 Å². The van der Waals surface area contributed by atoms with Gasteiger partial charge in [0, 0.05) is 13.0 Å². The number of benzene rings is 1. The van der Waals surface area contributed by atoms with Gasteiger partial charge >= 0.3 is 12.1 Å². The van der Waals surface area contributed by atoms with Gasteiger partial charge in [-0.05, 0) is 38.5 Å². The van der Waals surface area contributed by atoms with E-state index in [0.29, 0.717) is 17.1 Å². The molecule has 1 unspecified atom stereocenters. The summed E-state index contributed by atoms with van der Waals surface area (Å²) in [5, 5.41) is 19.1. The Labute approximate surface area is 151 Å². The highest BCUT2D eigenvalue weighted by molar-refractivity contribution is 5.81. The molecule has 1 aromatic rings. The molecule has 1 amide bonds. The molecule has 3 N–H and O–H groups in total. The zero-order chi connectivity index (χ0) is 20.5. The standard InChI is InChI=1S/C15H21NO6.C2H4O2/c1-15(2,3)22-14(19)16-12(13(17)18)9-6-10(20-4)8-11(7-9)21-5;1-2(3)4/h6-8,12H,1-5H3,(H,16,19)(H,17,18);1H3,(H,3,4). The lowest BCUT2D eigenvalue weighted by atomic mass is 10.1. The van der Waals surface area contributed by atoms with Crippen molar-refractivity contribution in [3.63, 3.8) is 0 Å². The van der Waals surface area contributed by atoms with Crippen LogP contribution in [0.5, 0.6) is 11.5 Å². The van der Waals surface area contributed by atoms with Crippen molar-refractivity contribution in [3.05, 3.63) is 23.8 Å². The number of nitrogens with one attached hydrogen (secondary N) is 1. The predicted molar refractivity (Wildman–Crippen MR) is 92.6 cm³/mol. The van der Waals surface area contributed by atoms with Crippen LogP contribution in [0.15, 0.2) is 18.2 Å². The van der Waals surface area contributed by atoms with Gasteiger partial charge in [-0.1, -0.05) is 0 Å². The van der Waals surface area contributed by atoms with Crippen LogP contribution in [-0.2, 0) is 14.3 Å². The van der Waals surface area contributed by atoms with E-state index in [1.807, 2.05) is 0 Å². The molecule has 1 atom stereocenters. The van der Waals surface area contributed by atoms with Crippen molar-refractivity contribution in [1.82, 2.24) is 5.32 Å². The van der Waals surface area contributed by atoms with Gasteiger partial charge in [0.1, 0.15) is 17.1 Å². The van der Waals surface area contributed by atoms with E-state index in [2.05, 4.69) is 5.32 Å². The van der Waals surface area contributed by atoms with Crippen molar-refractivity contribution in [2.24, 2.45) is 0 Å². The van der Waals surface area contributed by atoms with Gasteiger partial charge in [0.2, 0.25) is 0 Å². The first-order valence-corrected chi connectivity index (χ1v) is 7.54. The fraction of sp³-hybridized carbons (Fsp3) is 0.471. The third-order valence-corrected chi connectivity index (χ3v) is 2.62. The topological polar surface area (TPSA) is 131 Å². The Hall–Kier alpha value is -2.97. The summed E-state index contributed by atoms with van der Waals surface area (Å²) in [5.41, 5.74) is -0.409. The van der Waals surface area contributed by atoms with Crippen molar-refractivity contribution < 1.29 is 38.8 Å². The molecule has 0 aliphatic rings. The fourth-order valence-corrected chi connectivity index (χ4v) is 1.71. The molecule has 0 aromatic heterocycles. The molecule has 1 rings (SSSR count). The molecule has 0 aliphatic heterocycles. The molecule has 0 aliphatic carbocycles. The van der Waals surface area contributed by atoms with E-state index < -0.39 is 29.7 Å². The molecular formula is C17H25NO8. The minimum absolute atomic E-state index is 0.314. The molecule has 146 valence electrons. The molecule has 0 bridgehead atoms. The number of carbonyl (C=O) groups is 3. The predicted octanol–water partition coefficient (Wildman–Crippen LogP) is 2.45. The number of carbonyl (C=O) groups excluding carboxylic acids is 1. The number of methoxy groups -OCH3 is 2. The molecule has 9 heteroatoms. The summed E-state index contributed by atoms with van der Waals surface area (Å²) in [6, 6.07) is 3.35. The fourth-order valence-electron chi connectivity index (χ4n) is 1.71. The average molecular weight is 371 g/mol. The van der Waals surface area contributed by atoms with E-state index in [9.17, 15) is 14.7 Å². The van der Waals surface area contributed by atoms with Crippen LogP contribution in [0.25, 0.3) is 0 Å². The molecule has 0 radical (unpaired) electrons. The van der Waals surface area contributed by atoms with Crippen LogP contribution in [0.4, 0.5) is 4.79 Å². The summed E-state index contributed by atoms with van der Waals surface area (Å²) in [5.74, 6) is -1.21. The maximum atomic E-state index is 11.8. The Morgan fingerprint density at radius 2 is 1.42 bits per heavy atom. The normalized spacial score (nSPS) is 11.3. The number of carboxylic acids is 2. The number of aliphatic carboxylic acids is 2. The average Bonchev–Trinajstić information content (AvgIpc) is 2.49. The second kappa shape index (κ2) is 10.1. The van der Waals surface area contributed by atoms with Crippen molar-refractivity contribution in [2.75, 3.05) is 14.2 Å². The van der Waals surface area contributed by atoms with Crippen LogP contribution < -0.4 is 14.8 Å². The van der Waals surface area contributed by atoms with Gasteiger partial charge in [-0.3, -0.25) is 4.79 Å². The van der Waals surface area contributed by atoms with Gasteiger partial charge in [-0.25, -0.2) is 9.59 Å². The molecule has 0 saturated heterocycles. The van der Waals surface area contributed by atoms with Gasteiger partial charge in [0.15, 0.2) is 6.04 Å². The summed E-state index contributed by atoms with van der Waals surface area (Å²) < 4.78 is 15.3. The number of hydrogen-bond donors (Lipinski definition) is 3. The summed E-state index contributed by atoms with van der Waals surface area (Å²) in [7, 11) is 2.91. The van der Waals surface area contributed by atoms with Gasteiger partial charge in [0.05, 0.1) is 14.2 Å². The van der Waals surface area contributed by atoms with Gasteiger partial charge < -0.3 is 29.7 Å². The second-order valence-corrected chi connectivity index (χ2v) is 6.08. The molecule has 0 spiro atoms. The molecule has 0 saturated carbocycles. The zero-order valence-corrected chi connectivity index (χ0v) is 15.7. The minimum atomic E-state index is -1.28.